The Balaban J connectivity index is 1.82. The number of thioether (sulfide) groups is 2. The average molecular weight is 440 g/mol. The van der Waals surface area contributed by atoms with Crippen LogP contribution < -0.4 is 10.9 Å². The third-order valence-corrected chi connectivity index (χ3v) is 7.38. The highest BCUT2D eigenvalue weighted by molar-refractivity contribution is 9.10. The van der Waals surface area contributed by atoms with Crippen LogP contribution in [0.3, 0.4) is 0 Å². The molecular formula is C17H18BrN3O2S2. The molecule has 0 unspecified atom stereocenters. The highest BCUT2D eigenvalue weighted by Gasteiger charge is 2.32. The molecule has 1 amide bonds. The molecule has 2 aliphatic rings. The van der Waals surface area contributed by atoms with Crippen LogP contribution in [0.15, 0.2) is 33.5 Å². The van der Waals surface area contributed by atoms with Gasteiger partial charge >= 0.3 is 0 Å². The number of aromatic nitrogens is 2. The summed E-state index contributed by atoms with van der Waals surface area (Å²) in [6.07, 6.45) is 2.01. The van der Waals surface area contributed by atoms with E-state index < -0.39 is 0 Å². The summed E-state index contributed by atoms with van der Waals surface area (Å²) in [5.41, 5.74) is 1.58. The van der Waals surface area contributed by atoms with E-state index in [1.54, 1.807) is 0 Å². The maximum Gasteiger partial charge on any atom is 0.270 e. The number of rotatable bonds is 2. The van der Waals surface area contributed by atoms with Crippen LogP contribution in [-0.2, 0) is 4.79 Å². The van der Waals surface area contributed by atoms with Gasteiger partial charge in [-0.05, 0) is 42.0 Å². The fourth-order valence-electron chi connectivity index (χ4n) is 3.39. The quantitative estimate of drug-likeness (QED) is 0.746. The number of nitrogens with zero attached hydrogens (tertiary/aromatic N) is 1. The standard InChI is InChI=1S/C17H18BrN3O2S2/c18-11-3-1-2-10(8-11)15-14-16(19-13(22)9-25-15)21(20-17(14)23)12-4-6-24-7-5-12/h1-3,8,12,15H,4-7,9H2,(H,19,22)(H,20,23)/t15-/m0/s1. The number of aromatic amines is 1. The highest BCUT2D eigenvalue weighted by atomic mass is 79.9. The van der Waals surface area contributed by atoms with E-state index >= 15 is 0 Å². The number of anilines is 1. The summed E-state index contributed by atoms with van der Waals surface area (Å²) >= 11 is 6.94. The van der Waals surface area contributed by atoms with Crippen LogP contribution >= 0.6 is 39.5 Å². The maximum atomic E-state index is 12.8. The summed E-state index contributed by atoms with van der Waals surface area (Å²) in [5.74, 6) is 3.10. The van der Waals surface area contributed by atoms with Crippen LogP contribution in [-0.4, -0.2) is 32.9 Å². The number of carbonyl (C=O) groups excluding carboxylic acids is 1. The summed E-state index contributed by atoms with van der Waals surface area (Å²) < 4.78 is 2.88. The van der Waals surface area contributed by atoms with E-state index in [0.717, 1.165) is 34.4 Å². The summed E-state index contributed by atoms with van der Waals surface area (Å²) in [6, 6.07) is 8.19. The van der Waals surface area contributed by atoms with Crippen molar-refractivity contribution in [1.29, 1.82) is 0 Å². The van der Waals surface area contributed by atoms with Crippen LogP contribution in [0.1, 0.15) is 35.3 Å². The van der Waals surface area contributed by atoms with Crippen molar-refractivity contribution < 1.29 is 4.79 Å². The smallest absolute Gasteiger partial charge is 0.270 e. The number of hydrogen-bond acceptors (Lipinski definition) is 4. The molecule has 2 aromatic rings. The van der Waals surface area contributed by atoms with Crippen LogP contribution in [0, 0.1) is 0 Å². The van der Waals surface area contributed by atoms with Gasteiger partial charge in [-0.3, -0.25) is 19.4 Å². The van der Waals surface area contributed by atoms with Crippen molar-refractivity contribution in [2.45, 2.75) is 24.1 Å². The molecule has 0 spiro atoms. The van der Waals surface area contributed by atoms with Gasteiger partial charge in [0.1, 0.15) is 5.82 Å². The van der Waals surface area contributed by atoms with Gasteiger partial charge in [-0.1, -0.05) is 28.1 Å². The monoisotopic (exact) mass is 439 g/mol. The van der Waals surface area contributed by atoms with Crippen LogP contribution in [0.4, 0.5) is 5.82 Å². The summed E-state index contributed by atoms with van der Waals surface area (Å²) in [6.45, 7) is 0. The van der Waals surface area contributed by atoms with Crippen molar-refractivity contribution >= 4 is 51.2 Å². The Kier molecular flexibility index (Phi) is 5.01. The summed E-state index contributed by atoms with van der Waals surface area (Å²) in [4.78, 5) is 25.1. The van der Waals surface area contributed by atoms with Gasteiger partial charge in [-0.2, -0.15) is 11.8 Å². The SMILES string of the molecule is O=C1CS[C@@H](c2cccc(Br)c2)c2c(n(C3CCSCC3)[nH]c2=O)N1. The lowest BCUT2D eigenvalue weighted by atomic mass is 10.1. The first-order valence-corrected chi connectivity index (χ1v) is 11.2. The predicted octanol–water partition coefficient (Wildman–Crippen LogP) is 3.78. The molecule has 1 aromatic heterocycles. The van der Waals surface area contributed by atoms with Crippen molar-refractivity contribution in [3.05, 3.63) is 50.2 Å². The fourth-order valence-corrected chi connectivity index (χ4v) is 6.01. The largest absolute Gasteiger partial charge is 0.310 e. The zero-order chi connectivity index (χ0) is 17.4. The van der Waals surface area contributed by atoms with Gasteiger partial charge in [0.15, 0.2) is 0 Å². The molecule has 0 saturated carbocycles. The van der Waals surface area contributed by atoms with Crippen molar-refractivity contribution in [1.82, 2.24) is 9.78 Å². The predicted molar refractivity (Wildman–Crippen MR) is 108 cm³/mol. The number of nitrogens with one attached hydrogen (secondary N) is 2. The second-order valence-corrected chi connectivity index (χ2v) is 9.44. The van der Waals surface area contributed by atoms with Gasteiger partial charge in [0, 0.05) is 4.47 Å². The van der Waals surface area contributed by atoms with Crippen molar-refractivity contribution in [3.63, 3.8) is 0 Å². The topological polar surface area (TPSA) is 66.9 Å². The Morgan fingerprint density at radius 1 is 1.20 bits per heavy atom. The molecule has 3 heterocycles. The molecule has 1 aromatic carbocycles. The molecule has 8 heteroatoms. The van der Waals surface area contributed by atoms with E-state index in [1.165, 1.54) is 11.8 Å². The van der Waals surface area contributed by atoms with E-state index in [2.05, 4.69) is 26.3 Å². The highest BCUT2D eigenvalue weighted by Crippen LogP contribution is 2.41. The number of halogens is 1. The minimum absolute atomic E-state index is 0.0540. The van der Waals surface area contributed by atoms with E-state index in [9.17, 15) is 9.59 Å². The molecule has 0 bridgehead atoms. The molecule has 1 saturated heterocycles. The summed E-state index contributed by atoms with van der Waals surface area (Å²) in [5, 5.41) is 5.82. The Morgan fingerprint density at radius 3 is 2.76 bits per heavy atom. The van der Waals surface area contributed by atoms with E-state index in [4.69, 9.17) is 0 Å². The molecule has 2 aliphatic heterocycles. The van der Waals surface area contributed by atoms with Gasteiger partial charge in [-0.25, -0.2) is 0 Å². The van der Waals surface area contributed by atoms with Gasteiger partial charge in [0.2, 0.25) is 5.91 Å². The molecule has 0 aliphatic carbocycles. The molecule has 4 rings (SSSR count). The number of carbonyl (C=O) groups is 1. The Morgan fingerprint density at radius 2 is 2.00 bits per heavy atom. The summed E-state index contributed by atoms with van der Waals surface area (Å²) in [7, 11) is 0. The molecule has 132 valence electrons. The molecule has 1 atom stereocenters. The average Bonchev–Trinajstić information content (AvgIpc) is 2.82. The lowest BCUT2D eigenvalue weighted by Crippen LogP contribution is -2.22. The molecule has 25 heavy (non-hydrogen) atoms. The second-order valence-electron chi connectivity index (χ2n) is 6.21. The zero-order valence-corrected chi connectivity index (χ0v) is 16.7. The van der Waals surface area contributed by atoms with Crippen LogP contribution in [0.25, 0.3) is 0 Å². The second kappa shape index (κ2) is 7.25. The molecular weight excluding hydrogens is 422 g/mol. The third kappa shape index (κ3) is 3.44. The third-order valence-electron chi connectivity index (χ3n) is 4.57. The number of benzene rings is 1. The minimum Gasteiger partial charge on any atom is -0.310 e. The van der Waals surface area contributed by atoms with E-state index in [0.29, 0.717) is 17.1 Å². The molecule has 5 nitrogen and oxygen atoms in total. The number of H-pyrrole nitrogens is 1. The maximum absolute atomic E-state index is 12.8. The van der Waals surface area contributed by atoms with E-state index in [1.807, 2.05) is 40.7 Å². The van der Waals surface area contributed by atoms with Gasteiger partial charge in [-0.15, -0.1) is 11.8 Å². The van der Waals surface area contributed by atoms with Gasteiger partial charge in [0.25, 0.3) is 5.56 Å². The van der Waals surface area contributed by atoms with Crippen molar-refractivity contribution in [2.24, 2.45) is 0 Å². The van der Waals surface area contributed by atoms with Gasteiger partial charge in [0.05, 0.1) is 22.6 Å². The molecule has 2 N–H and O–H groups in total. The Bertz CT molecular complexity index is 858. The lowest BCUT2D eigenvalue weighted by Gasteiger charge is -2.24. The van der Waals surface area contributed by atoms with Crippen molar-refractivity contribution in [2.75, 3.05) is 22.6 Å². The van der Waals surface area contributed by atoms with Gasteiger partial charge < -0.3 is 5.32 Å². The molecule has 0 radical (unpaired) electrons. The number of hydrogen-bond donors (Lipinski definition) is 2. The fraction of sp³-hybridized carbons (Fsp3) is 0.412. The minimum atomic E-state index is -0.158. The van der Waals surface area contributed by atoms with E-state index in [-0.39, 0.29) is 22.8 Å². The first-order chi connectivity index (χ1) is 12.1. The zero-order valence-electron chi connectivity index (χ0n) is 13.5. The van der Waals surface area contributed by atoms with Crippen LogP contribution in [0.5, 0.6) is 0 Å². The molecule has 1 fully saturated rings. The number of fused-ring (bicyclic) bond motifs is 1. The first kappa shape index (κ1) is 17.3. The first-order valence-electron chi connectivity index (χ1n) is 8.22. The number of amides is 1. The Hall–Kier alpha value is -1.12. The normalized spacial score (nSPS) is 21.5. The van der Waals surface area contributed by atoms with Crippen molar-refractivity contribution in [3.8, 4) is 0 Å². The Labute approximate surface area is 162 Å². The lowest BCUT2D eigenvalue weighted by molar-refractivity contribution is -0.113. The van der Waals surface area contributed by atoms with Crippen LogP contribution in [0.2, 0.25) is 0 Å².